The van der Waals surface area contributed by atoms with E-state index in [1.165, 1.54) is 11.1 Å². The van der Waals surface area contributed by atoms with Crippen LogP contribution in [-0.2, 0) is 45.0 Å². The summed E-state index contributed by atoms with van der Waals surface area (Å²) in [5.74, 6) is 2.12. The van der Waals surface area contributed by atoms with Gasteiger partial charge in [-0.25, -0.2) is 15.0 Å². The van der Waals surface area contributed by atoms with Crippen LogP contribution in [0.1, 0.15) is 53.4 Å². The van der Waals surface area contributed by atoms with Crippen molar-refractivity contribution in [1.82, 2.24) is 39.5 Å². The SMILES string of the molecule is O=C(Cc1ccccc1CN1CCOCC1)N1CC[C@H](CNc2ncc(-c3ccc4cc(-c5cnc([C@@H]6CCCN6C(=O)Cc6ccccc6CN6CCOCC6)[nH]5)ccc4c3)cn2)C1. The van der Waals surface area contributed by atoms with Crippen molar-refractivity contribution < 1.29 is 19.1 Å². The second kappa shape index (κ2) is 20.0. The minimum absolute atomic E-state index is 0.0661. The van der Waals surface area contributed by atoms with Crippen molar-refractivity contribution in [3.63, 3.8) is 0 Å². The zero-order valence-electron chi connectivity index (χ0n) is 37.2. The number of fused-ring (bicyclic) bond motifs is 1. The summed E-state index contributed by atoms with van der Waals surface area (Å²) in [6.07, 6.45) is 9.27. The smallest absolute Gasteiger partial charge is 0.227 e. The van der Waals surface area contributed by atoms with Crippen molar-refractivity contribution in [2.24, 2.45) is 5.92 Å². The third-order valence-electron chi connectivity index (χ3n) is 13.7. The topological polar surface area (TPSA) is 132 Å². The fourth-order valence-corrected chi connectivity index (χ4v) is 9.93. The summed E-state index contributed by atoms with van der Waals surface area (Å²) in [6, 6.07) is 29.5. The predicted octanol–water partition coefficient (Wildman–Crippen LogP) is 6.76. The van der Waals surface area contributed by atoms with Gasteiger partial charge in [0.1, 0.15) is 5.82 Å². The lowest BCUT2D eigenvalue weighted by molar-refractivity contribution is -0.131. The molecule has 0 unspecified atom stereocenters. The van der Waals surface area contributed by atoms with Gasteiger partial charge in [0.2, 0.25) is 17.8 Å². The number of amides is 2. The third kappa shape index (κ3) is 10.3. The second-order valence-corrected chi connectivity index (χ2v) is 18.0. The van der Waals surface area contributed by atoms with Crippen molar-refractivity contribution in [2.45, 2.75) is 51.2 Å². The van der Waals surface area contributed by atoms with Crippen molar-refractivity contribution in [2.75, 3.05) is 84.1 Å². The van der Waals surface area contributed by atoms with Crippen LogP contribution in [0.25, 0.3) is 33.2 Å². The fourth-order valence-electron chi connectivity index (χ4n) is 9.93. The number of carbonyl (C=O) groups is 2. The van der Waals surface area contributed by atoms with E-state index in [0.29, 0.717) is 24.7 Å². The number of aromatic nitrogens is 4. The van der Waals surface area contributed by atoms with Gasteiger partial charge in [-0.15, -0.1) is 0 Å². The molecule has 6 heterocycles. The molecule has 10 rings (SSSR count). The summed E-state index contributed by atoms with van der Waals surface area (Å²) >= 11 is 0. The number of benzene rings is 4. The van der Waals surface area contributed by atoms with Gasteiger partial charge in [0.15, 0.2) is 0 Å². The number of hydrogen-bond acceptors (Lipinski definition) is 10. The van der Waals surface area contributed by atoms with Gasteiger partial charge in [-0.1, -0.05) is 72.8 Å². The highest BCUT2D eigenvalue weighted by Gasteiger charge is 2.33. The van der Waals surface area contributed by atoms with E-state index in [4.69, 9.17) is 14.5 Å². The Morgan fingerprint density at radius 3 is 1.89 bits per heavy atom. The van der Waals surface area contributed by atoms with E-state index in [-0.39, 0.29) is 17.9 Å². The van der Waals surface area contributed by atoms with Gasteiger partial charge in [0.25, 0.3) is 0 Å². The first-order valence-corrected chi connectivity index (χ1v) is 23.5. The quantitative estimate of drug-likeness (QED) is 0.121. The molecule has 6 aromatic rings. The molecule has 0 saturated carbocycles. The molecule has 2 aromatic heterocycles. The van der Waals surface area contributed by atoms with E-state index in [9.17, 15) is 9.59 Å². The number of H-pyrrole nitrogens is 1. The number of carbonyl (C=O) groups excluding carboxylic acids is 2. The van der Waals surface area contributed by atoms with Crippen molar-refractivity contribution in [1.29, 1.82) is 0 Å². The Balaban J connectivity index is 0.720. The van der Waals surface area contributed by atoms with Gasteiger partial charge in [-0.05, 0) is 75.9 Å². The lowest BCUT2D eigenvalue weighted by atomic mass is 10.0. The molecule has 4 aromatic carbocycles. The van der Waals surface area contributed by atoms with Gasteiger partial charge < -0.3 is 29.6 Å². The number of morpholine rings is 2. The molecule has 4 saturated heterocycles. The number of nitrogens with one attached hydrogen (secondary N) is 2. The van der Waals surface area contributed by atoms with E-state index in [1.54, 1.807) is 0 Å². The molecule has 4 fully saturated rings. The summed E-state index contributed by atoms with van der Waals surface area (Å²) < 4.78 is 11.1. The van der Waals surface area contributed by atoms with Gasteiger partial charge >= 0.3 is 0 Å². The monoisotopic (exact) mass is 873 g/mol. The Bertz CT molecular complexity index is 2590. The highest BCUT2D eigenvalue weighted by molar-refractivity contribution is 5.90. The number of hydrogen-bond donors (Lipinski definition) is 2. The molecule has 0 aliphatic carbocycles. The summed E-state index contributed by atoms with van der Waals surface area (Å²) in [6.45, 7) is 11.4. The predicted molar refractivity (Wildman–Crippen MR) is 252 cm³/mol. The molecular formula is C52H59N9O4. The lowest BCUT2D eigenvalue weighted by Gasteiger charge is -2.28. The van der Waals surface area contributed by atoms with Gasteiger partial charge in [-0.2, -0.15) is 0 Å². The van der Waals surface area contributed by atoms with E-state index >= 15 is 0 Å². The molecular weight excluding hydrogens is 815 g/mol. The molecule has 13 heteroatoms. The van der Waals surface area contributed by atoms with Gasteiger partial charge in [-0.3, -0.25) is 19.4 Å². The molecule has 2 amide bonds. The van der Waals surface area contributed by atoms with E-state index < -0.39 is 0 Å². The van der Waals surface area contributed by atoms with Crippen LogP contribution >= 0.6 is 0 Å². The Kier molecular flexibility index (Phi) is 13.2. The second-order valence-electron chi connectivity index (χ2n) is 18.0. The first kappa shape index (κ1) is 42.9. The van der Waals surface area contributed by atoms with Crippen LogP contribution in [0.2, 0.25) is 0 Å². The minimum Gasteiger partial charge on any atom is -0.379 e. The van der Waals surface area contributed by atoms with Crippen molar-refractivity contribution in [3.8, 4) is 22.4 Å². The van der Waals surface area contributed by atoms with Crippen molar-refractivity contribution >= 4 is 28.5 Å². The van der Waals surface area contributed by atoms with Crippen LogP contribution in [0, 0.1) is 5.92 Å². The highest BCUT2D eigenvalue weighted by Crippen LogP contribution is 2.34. The maximum absolute atomic E-state index is 13.8. The van der Waals surface area contributed by atoms with Gasteiger partial charge in [0, 0.05) is 89.0 Å². The standard InChI is InChI=1S/C52H59N9O4/c62-49(28-38-6-1-3-8-44(38)35-58-18-22-64-23-19-58)60-17-15-37(34-60)30-54-52-55-31-46(32-56-52)42-12-11-41-27-43(14-13-40(41)26-42)47-33-53-51(57-47)48-10-5-16-61(48)50(63)29-39-7-2-4-9-45(39)36-59-20-24-65-25-21-59/h1-4,6-9,11-14,26-27,31-33,37,48H,5,10,15-25,28-30,34-36H2,(H,53,57)(H,54,55,56)/t37-,48+/m1/s1. The normalized spacial score (nSPS) is 19.6. The molecule has 4 aliphatic rings. The molecule has 2 N–H and O–H groups in total. The average Bonchev–Trinajstić information content (AvgIpc) is 4.15. The maximum atomic E-state index is 13.8. The summed E-state index contributed by atoms with van der Waals surface area (Å²) in [4.78, 5) is 53.8. The van der Waals surface area contributed by atoms with Crippen LogP contribution in [0.15, 0.2) is 104 Å². The van der Waals surface area contributed by atoms with Crippen LogP contribution in [0.5, 0.6) is 0 Å². The Hall–Kier alpha value is -5.99. The number of aromatic amines is 1. The number of rotatable bonds is 14. The molecule has 0 spiro atoms. The number of likely N-dealkylation sites (tertiary alicyclic amines) is 2. The zero-order chi connectivity index (χ0) is 44.0. The number of anilines is 1. The molecule has 13 nitrogen and oxygen atoms in total. The number of nitrogens with zero attached hydrogens (tertiary/aromatic N) is 7. The molecule has 4 aliphatic heterocycles. The first-order valence-electron chi connectivity index (χ1n) is 23.5. The highest BCUT2D eigenvalue weighted by atomic mass is 16.5. The number of imidazole rings is 1. The lowest BCUT2D eigenvalue weighted by Crippen LogP contribution is -2.36. The van der Waals surface area contributed by atoms with Crippen LogP contribution in [-0.4, -0.2) is 130 Å². The van der Waals surface area contributed by atoms with Crippen LogP contribution < -0.4 is 5.32 Å². The Morgan fingerprint density at radius 1 is 0.631 bits per heavy atom. The molecule has 0 bridgehead atoms. The van der Waals surface area contributed by atoms with Crippen LogP contribution in [0.3, 0.4) is 0 Å². The maximum Gasteiger partial charge on any atom is 0.227 e. The van der Waals surface area contributed by atoms with Crippen molar-refractivity contribution in [3.05, 3.63) is 132 Å². The van der Waals surface area contributed by atoms with E-state index in [2.05, 4.69) is 103 Å². The fraction of sp³-hybridized carbons (Fsp3) is 0.404. The third-order valence-corrected chi connectivity index (χ3v) is 13.7. The van der Waals surface area contributed by atoms with Gasteiger partial charge in [0.05, 0.1) is 57.2 Å². The van der Waals surface area contributed by atoms with E-state index in [1.807, 2.05) is 40.5 Å². The molecule has 0 radical (unpaired) electrons. The summed E-state index contributed by atoms with van der Waals surface area (Å²) in [7, 11) is 0. The zero-order valence-corrected chi connectivity index (χ0v) is 37.2. The summed E-state index contributed by atoms with van der Waals surface area (Å²) in [5, 5.41) is 5.67. The van der Waals surface area contributed by atoms with Crippen LogP contribution in [0.4, 0.5) is 5.95 Å². The molecule has 65 heavy (non-hydrogen) atoms. The van der Waals surface area contributed by atoms with E-state index in [0.717, 1.165) is 161 Å². The first-order chi connectivity index (χ1) is 32.0. The number of ether oxygens (including phenoxy) is 2. The Labute approximate surface area is 381 Å². The largest absolute Gasteiger partial charge is 0.379 e. The molecule has 2 atom stereocenters. The average molecular weight is 874 g/mol. The minimum atomic E-state index is -0.0661. The Morgan fingerprint density at radius 2 is 1.23 bits per heavy atom. The molecule has 336 valence electrons. The summed E-state index contributed by atoms with van der Waals surface area (Å²) in [5.41, 5.74) is 8.65.